The van der Waals surface area contributed by atoms with Gasteiger partial charge in [0.25, 0.3) is 5.91 Å². The van der Waals surface area contributed by atoms with Crippen LogP contribution in [0.15, 0.2) is 24.3 Å². The van der Waals surface area contributed by atoms with Gasteiger partial charge in [-0.2, -0.15) is 13.2 Å². The number of hydrogen-bond donors (Lipinski definition) is 3. The maximum Gasteiger partial charge on any atom is 0.391 e. The second-order valence-electron chi connectivity index (χ2n) is 15.1. The molecule has 2 aromatic carbocycles. The molecular formula is C35H41Cl2F3N6O2. The number of rotatable bonds is 7. The van der Waals surface area contributed by atoms with Crippen LogP contribution >= 0.6 is 23.2 Å². The number of aromatic nitrogens is 2. The molecule has 2 heterocycles. The number of piperidine rings is 2. The molecule has 3 aliphatic carbocycles. The fraction of sp³-hybridized carbons (Fsp3) is 0.571. The maximum atomic E-state index is 13.9. The highest BCUT2D eigenvalue weighted by Gasteiger charge is 2.70. The molecule has 48 heavy (non-hydrogen) atoms. The monoisotopic (exact) mass is 704 g/mol. The average Bonchev–Trinajstić information content (AvgIpc) is 3.29. The van der Waals surface area contributed by atoms with Crippen LogP contribution in [-0.4, -0.2) is 45.7 Å². The van der Waals surface area contributed by atoms with Crippen molar-refractivity contribution in [2.75, 3.05) is 10.2 Å². The summed E-state index contributed by atoms with van der Waals surface area (Å²) in [5.74, 6) is -1.24. The van der Waals surface area contributed by atoms with Crippen molar-refractivity contribution in [2.24, 2.45) is 23.8 Å². The first-order valence-corrected chi connectivity index (χ1v) is 17.5. The summed E-state index contributed by atoms with van der Waals surface area (Å²) in [5, 5.41) is 10.0. The van der Waals surface area contributed by atoms with Crippen molar-refractivity contribution in [1.82, 2.24) is 20.2 Å². The lowest BCUT2D eigenvalue weighted by Gasteiger charge is -2.77. The van der Waals surface area contributed by atoms with Crippen LogP contribution in [0.5, 0.6) is 0 Å². The Morgan fingerprint density at radius 3 is 2.25 bits per heavy atom. The number of aryl methyl sites for hydroxylation is 1. The molecule has 8 nitrogen and oxygen atoms in total. The molecule has 3 saturated carbocycles. The van der Waals surface area contributed by atoms with Gasteiger partial charge in [0.1, 0.15) is 0 Å². The van der Waals surface area contributed by atoms with Gasteiger partial charge in [0.05, 0.1) is 43.9 Å². The molecule has 3 N–H and O–H groups in total. The number of nitrogens with zero attached hydrogens (tertiary/aromatic N) is 3. The predicted octanol–water partition coefficient (Wildman–Crippen LogP) is 8.27. The zero-order valence-electron chi connectivity index (χ0n) is 27.5. The van der Waals surface area contributed by atoms with Crippen LogP contribution in [0.4, 0.5) is 30.5 Å². The molecule has 0 bridgehead atoms. The van der Waals surface area contributed by atoms with E-state index in [0.717, 1.165) is 24.0 Å². The van der Waals surface area contributed by atoms with Crippen molar-refractivity contribution in [2.45, 2.75) is 103 Å². The number of anilines is 3. The van der Waals surface area contributed by atoms with Crippen molar-refractivity contribution < 1.29 is 22.8 Å². The fourth-order valence-electron chi connectivity index (χ4n) is 8.23. The predicted molar refractivity (Wildman–Crippen MR) is 182 cm³/mol. The number of benzene rings is 2. The number of halogens is 5. The minimum absolute atomic E-state index is 0.0175. The Morgan fingerprint density at radius 2 is 1.67 bits per heavy atom. The van der Waals surface area contributed by atoms with Crippen molar-refractivity contribution >= 4 is 63.4 Å². The topological polar surface area (TPSA) is 91.3 Å². The van der Waals surface area contributed by atoms with E-state index in [1.54, 1.807) is 18.2 Å². The number of nitrogens with one attached hydrogen (secondary N) is 3. The molecule has 1 aromatic heterocycles. The zero-order chi connectivity index (χ0) is 34.3. The molecular weight excluding hydrogens is 664 g/mol. The lowest BCUT2D eigenvalue weighted by molar-refractivity contribution is -0.182. The Hall–Kier alpha value is -3.18. The Balaban J connectivity index is 1.18. The molecule has 258 valence electrons. The minimum atomic E-state index is -4.20. The molecule has 4 fully saturated rings. The highest BCUT2D eigenvalue weighted by Crippen LogP contribution is 2.69. The van der Waals surface area contributed by atoms with E-state index < -0.39 is 17.5 Å². The van der Waals surface area contributed by atoms with Crippen LogP contribution in [0.1, 0.15) is 88.1 Å². The molecule has 1 aliphatic heterocycles. The third-order valence-corrected chi connectivity index (χ3v) is 12.1. The Morgan fingerprint density at radius 1 is 1.00 bits per heavy atom. The summed E-state index contributed by atoms with van der Waals surface area (Å²) < 4.78 is 41.7. The average molecular weight is 706 g/mol. The van der Waals surface area contributed by atoms with E-state index in [0.29, 0.717) is 68.7 Å². The van der Waals surface area contributed by atoms with E-state index in [4.69, 9.17) is 28.2 Å². The number of hydrogen-bond acceptors (Lipinski definition) is 5. The van der Waals surface area contributed by atoms with Crippen molar-refractivity contribution in [3.63, 3.8) is 0 Å². The first-order chi connectivity index (χ1) is 22.6. The Labute approximate surface area is 288 Å². The smallest absolute Gasteiger partial charge is 0.364 e. The lowest BCUT2D eigenvalue weighted by Crippen LogP contribution is -2.82. The number of carbonyl (C=O) groups is 2. The van der Waals surface area contributed by atoms with E-state index >= 15 is 0 Å². The van der Waals surface area contributed by atoms with Crippen molar-refractivity contribution in [1.29, 1.82) is 0 Å². The summed E-state index contributed by atoms with van der Waals surface area (Å²) in [6, 6.07) is 7.78. The van der Waals surface area contributed by atoms with Crippen LogP contribution in [0, 0.1) is 16.7 Å². The summed E-state index contributed by atoms with van der Waals surface area (Å²) in [6.45, 7) is 5.74. The molecule has 3 aromatic rings. The van der Waals surface area contributed by atoms with Gasteiger partial charge in [-0.3, -0.25) is 9.59 Å². The number of alkyl halides is 3. The molecule has 13 heteroatoms. The zero-order valence-corrected chi connectivity index (χ0v) is 29.0. The van der Waals surface area contributed by atoms with Gasteiger partial charge in [-0.05, 0) is 75.1 Å². The molecule has 2 atom stereocenters. The van der Waals surface area contributed by atoms with Gasteiger partial charge in [0.15, 0.2) is 0 Å². The molecule has 2 unspecified atom stereocenters. The number of carbonyl (C=O) groups excluding carboxylic acids is 2. The third-order valence-electron chi connectivity index (χ3n) is 11.3. The Kier molecular flexibility index (Phi) is 8.13. The number of fused-ring (bicyclic) bond motifs is 1. The second-order valence-corrected chi connectivity index (χ2v) is 15.9. The Bertz CT molecular complexity index is 1780. The van der Waals surface area contributed by atoms with Crippen LogP contribution in [-0.2, 0) is 18.4 Å². The number of amides is 2. The summed E-state index contributed by atoms with van der Waals surface area (Å²) in [6.07, 6.45) is 1.01. The molecule has 7 rings (SSSR count). The summed E-state index contributed by atoms with van der Waals surface area (Å²) in [5.41, 5.74) is 3.68. The van der Waals surface area contributed by atoms with E-state index in [9.17, 15) is 22.8 Å². The highest BCUT2D eigenvalue weighted by atomic mass is 35.5. The third kappa shape index (κ3) is 5.49. The van der Waals surface area contributed by atoms with Crippen LogP contribution in [0.3, 0.4) is 0 Å². The molecule has 1 spiro atoms. The van der Waals surface area contributed by atoms with Gasteiger partial charge < -0.3 is 25.4 Å². The van der Waals surface area contributed by atoms with Crippen molar-refractivity contribution in [3.05, 3.63) is 45.4 Å². The van der Waals surface area contributed by atoms with Crippen LogP contribution in [0.25, 0.3) is 11.0 Å². The van der Waals surface area contributed by atoms with E-state index in [1.165, 1.54) is 12.8 Å². The van der Waals surface area contributed by atoms with Gasteiger partial charge in [-0.25, -0.2) is 4.98 Å². The summed E-state index contributed by atoms with van der Waals surface area (Å²) in [7, 11) is 1.88. The van der Waals surface area contributed by atoms with Gasteiger partial charge >= 0.3 is 6.18 Å². The van der Waals surface area contributed by atoms with Crippen LogP contribution in [0.2, 0.25) is 10.0 Å². The quantitative estimate of drug-likeness (QED) is 0.230. The normalized spacial score (nSPS) is 26.5. The van der Waals surface area contributed by atoms with Crippen molar-refractivity contribution in [3.8, 4) is 0 Å². The molecule has 0 radical (unpaired) electrons. The van der Waals surface area contributed by atoms with Gasteiger partial charge in [0, 0.05) is 42.5 Å². The first-order valence-electron chi connectivity index (χ1n) is 16.8. The lowest BCUT2D eigenvalue weighted by atomic mass is 9.42. The molecule has 4 aliphatic rings. The van der Waals surface area contributed by atoms with Crippen LogP contribution < -0.4 is 20.9 Å². The molecule has 1 saturated heterocycles. The van der Waals surface area contributed by atoms with Gasteiger partial charge in [0.2, 0.25) is 11.9 Å². The maximum absolute atomic E-state index is 13.9. The van der Waals surface area contributed by atoms with E-state index in [2.05, 4.69) is 20.9 Å². The van der Waals surface area contributed by atoms with Gasteiger partial charge in [-0.15, -0.1) is 0 Å². The first kappa shape index (κ1) is 33.3. The minimum Gasteiger partial charge on any atom is -0.364 e. The van der Waals surface area contributed by atoms with Gasteiger partial charge in [-0.1, -0.05) is 50.0 Å². The summed E-state index contributed by atoms with van der Waals surface area (Å²) >= 11 is 13.4. The molecule has 2 amide bonds. The highest BCUT2D eigenvalue weighted by molar-refractivity contribution is 6.39. The fourth-order valence-corrected chi connectivity index (χ4v) is 8.77. The van der Waals surface area contributed by atoms with E-state index in [-0.39, 0.29) is 37.2 Å². The standard InChI is InChI=1S/C35H41Cl2F3N6O2/c1-33(2,3)31(48)41-17-18-5-10-22(36)29(28(18)37)44-32-43-23-15-21(30(47)42-20-8-6-19(7-9-20)35(38,39)40)24(16-25(23)45(32)4)46-26-11-13-34(26)14-12-27(34)46/h5,10,15-16,19-20,26-27H,6-9,11-14,17H2,1-4H3,(H,41,48)(H,42,47)(H,43,44). The van der Waals surface area contributed by atoms with E-state index in [1.807, 2.05) is 38.5 Å². The second kappa shape index (κ2) is 11.7. The number of imidazole rings is 1. The SMILES string of the molecule is Cn1c(Nc2c(Cl)ccc(CNC(=O)C(C)(C)C)c2Cl)nc2cc(C(=O)NC3CCC(C(F)(F)F)CC3)c(N3C4CCC45CCC35)cc21. The largest absolute Gasteiger partial charge is 0.391 e. The summed E-state index contributed by atoms with van der Waals surface area (Å²) in [4.78, 5) is 33.6.